The van der Waals surface area contributed by atoms with Crippen LogP contribution in [0.1, 0.15) is 113 Å². The van der Waals surface area contributed by atoms with Gasteiger partial charge in [-0.3, -0.25) is 9.97 Å². The van der Waals surface area contributed by atoms with Crippen molar-refractivity contribution in [3.63, 3.8) is 0 Å². The molecule has 0 aliphatic heterocycles. The van der Waals surface area contributed by atoms with E-state index in [1.807, 2.05) is 30.3 Å². The van der Waals surface area contributed by atoms with E-state index in [0.717, 1.165) is 81.1 Å². The van der Waals surface area contributed by atoms with E-state index in [-0.39, 0.29) is 30.4 Å². The van der Waals surface area contributed by atoms with Crippen LogP contribution in [0.4, 0.5) is 0 Å². The number of para-hydroxylation sites is 2. The number of fused-ring (bicyclic) bond motifs is 2. The molecule has 0 spiro atoms. The van der Waals surface area contributed by atoms with Gasteiger partial charge < -0.3 is 30.3 Å². The number of aromatic nitrogens is 2. The van der Waals surface area contributed by atoms with E-state index in [2.05, 4.69) is 115 Å². The van der Waals surface area contributed by atoms with Crippen molar-refractivity contribution in [3.8, 4) is 0 Å². The van der Waals surface area contributed by atoms with Gasteiger partial charge in [0.05, 0.1) is 11.0 Å². The summed E-state index contributed by atoms with van der Waals surface area (Å²) in [5.74, 6) is 8.07. The Hall–Kier alpha value is -2.66. The van der Waals surface area contributed by atoms with Crippen LogP contribution in [0.25, 0.3) is 21.8 Å². The molecule has 8 saturated carbocycles. The quantitative estimate of drug-likeness (QED) is 0.0908. The molecule has 0 saturated heterocycles. The SMILES string of the molecule is CC(C)(C)[c-]1cc(CP(C2C3CC4CC(C3)CC2C4)C2C3CC4CC(C3)CC2C4)c(C(P)(c2ccc3ccccc3n2)c2ccc3ccccc3n2)c1.[Fe].[cH-]1[cH-][cH-][cH-][cH-]1. The maximum absolute atomic E-state index is 5.52. The van der Waals surface area contributed by atoms with E-state index in [0.29, 0.717) is 0 Å². The van der Waals surface area contributed by atoms with Crippen LogP contribution in [0.5, 0.6) is 0 Å². The molecule has 14 rings (SSSR count). The summed E-state index contributed by atoms with van der Waals surface area (Å²) in [6, 6.07) is 41.8. The molecule has 2 heterocycles. The zero-order valence-electron chi connectivity index (χ0n) is 35.3. The Kier molecular flexibility index (Phi) is 10.9. The van der Waals surface area contributed by atoms with Gasteiger partial charge in [-0.25, -0.2) is 0 Å². The fraction of sp³-hybridized carbons (Fsp3) is 0.481. The first kappa shape index (κ1) is 40.4. The van der Waals surface area contributed by atoms with E-state index in [4.69, 9.17) is 9.97 Å². The molecule has 8 fully saturated rings. The summed E-state index contributed by atoms with van der Waals surface area (Å²) in [7, 11) is 3.25. The third kappa shape index (κ3) is 7.35. The summed E-state index contributed by atoms with van der Waals surface area (Å²) in [4.78, 5) is 11.0. The Morgan fingerprint density at radius 2 is 0.983 bits per heavy atom. The number of rotatable bonds is 7. The van der Waals surface area contributed by atoms with E-state index in [9.17, 15) is 0 Å². The molecule has 5 heteroatoms. The maximum atomic E-state index is 5.52. The molecular weight excluding hydrogens is 794 g/mol. The minimum Gasteiger partial charge on any atom is -0.748 e. The summed E-state index contributed by atoms with van der Waals surface area (Å²) in [5.41, 5.74) is 10.8. The Labute approximate surface area is 367 Å². The number of pyridine rings is 2. The summed E-state index contributed by atoms with van der Waals surface area (Å²) in [6.45, 7) is 7.25. The topological polar surface area (TPSA) is 25.8 Å². The number of benzene rings is 2. The van der Waals surface area contributed by atoms with Crippen molar-refractivity contribution in [2.75, 3.05) is 0 Å². The summed E-state index contributed by atoms with van der Waals surface area (Å²) < 4.78 is 0. The van der Waals surface area contributed by atoms with Gasteiger partial charge in [-0.15, -0.1) is 17.2 Å². The van der Waals surface area contributed by atoms with Crippen molar-refractivity contribution >= 4 is 39.0 Å². The van der Waals surface area contributed by atoms with Crippen molar-refractivity contribution in [2.45, 2.75) is 113 Å². The van der Waals surface area contributed by atoms with Crippen LogP contribution in [0.2, 0.25) is 0 Å². The number of nitrogens with zero attached hydrogens (tertiary/aromatic N) is 2. The zero-order chi connectivity index (χ0) is 39.2. The first-order valence-electron chi connectivity index (χ1n) is 22.9. The molecule has 4 aromatic carbocycles. The van der Waals surface area contributed by atoms with Crippen molar-refractivity contribution in [2.24, 2.45) is 47.3 Å². The number of hydrogen-bond donors (Lipinski definition) is 0. The van der Waals surface area contributed by atoms with Crippen LogP contribution >= 0.6 is 17.2 Å². The second kappa shape index (κ2) is 15.9. The van der Waals surface area contributed by atoms with Crippen LogP contribution in [-0.4, -0.2) is 21.3 Å². The van der Waals surface area contributed by atoms with Gasteiger partial charge in [-0.2, -0.15) is 28.8 Å². The number of hydrogen-bond acceptors (Lipinski definition) is 2. The Bertz CT molecular complexity index is 2210. The molecule has 8 bridgehead atoms. The maximum Gasteiger partial charge on any atom is 0.0705 e. The molecule has 8 aliphatic rings. The van der Waals surface area contributed by atoms with E-state index >= 15 is 0 Å². The molecule has 1 atom stereocenters. The van der Waals surface area contributed by atoms with Crippen molar-refractivity contribution in [1.82, 2.24) is 9.97 Å². The predicted molar refractivity (Wildman–Crippen MR) is 248 cm³/mol. The molecule has 312 valence electrons. The van der Waals surface area contributed by atoms with Crippen LogP contribution in [0.15, 0.2) is 115 Å². The normalized spacial score (nSPS) is 30.9. The summed E-state index contributed by atoms with van der Waals surface area (Å²) in [5, 5.41) is 1.82. The minimum absolute atomic E-state index is 0. The van der Waals surface area contributed by atoms with Gasteiger partial charge in [0.15, 0.2) is 0 Å². The average Bonchev–Trinajstić information content (AvgIpc) is 3.94. The summed E-state index contributed by atoms with van der Waals surface area (Å²) in [6.07, 6.45) is 16.7. The first-order valence-corrected chi connectivity index (χ1v) is 25.2. The van der Waals surface area contributed by atoms with Gasteiger partial charge in [0.1, 0.15) is 0 Å². The standard InChI is InChI=1S/C49H57N2P2.C5H5.Fe/c1-48(2,3)40-26-39(28-53(46-35-18-29-16-30(20-35)21-36(46)19-29)47-37-22-31-17-32(24-37)25-38(47)23-31)41(27-40)49(52,44-14-12-33-8-4-6-10-42(33)50-44)45-15-13-34-9-5-7-11-43(34)51-45;1-2-4-5-3-1;/h4-15,26-27,29-32,35-38,46-47H,16-25,28,52H2,1-3H3;1-5H;/q-1;-5;. The Morgan fingerprint density at radius 3 is 1.39 bits per heavy atom. The van der Waals surface area contributed by atoms with Crippen molar-refractivity contribution < 1.29 is 17.1 Å². The molecule has 2 aromatic heterocycles. The first-order chi connectivity index (χ1) is 28.2. The van der Waals surface area contributed by atoms with Crippen molar-refractivity contribution in [3.05, 3.63) is 143 Å². The molecule has 0 N–H and O–H groups in total. The Morgan fingerprint density at radius 1 is 0.576 bits per heavy atom. The summed E-state index contributed by atoms with van der Waals surface area (Å²) >= 11 is 0. The monoisotopic (exact) mass is 856 g/mol. The van der Waals surface area contributed by atoms with E-state index < -0.39 is 5.16 Å². The smallest absolute Gasteiger partial charge is 0.0705 e. The van der Waals surface area contributed by atoms with Gasteiger partial charge in [0, 0.05) is 44.4 Å². The molecule has 1 unspecified atom stereocenters. The fourth-order valence-electron chi connectivity index (χ4n) is 14.3. The van der Waals surface area contributed by atoms with Crippen LogP contribution < -0.4 is 0 Å². The molecule has 59 heavy (non-hydrogen) atoms. The van der Waals surface area contributed by atoms with E-state index in [1.165, 1.54) is 28.1 Å². The zero-order valence-corrected chi connectivity index (χ0v) is 38.4. The average molecular weight is 857 g/mol. The van der Waals surface area contributed by atoms with Crippen LogP contribution in [-0.2, 0) is 33.8 Å². The van der Waals surface area contributed by atoms with Gasteiger partial charge in [-0.1, -0.05) is 80.9 Å². The van der Waals surface area contributed by atoms with Crippen molar-refractivity contribution in [1.29, 1.82) is 0 Å². The predicted octanol–water partition coefficient (Wildman–Crippen LogP) is 14.0. The molecule has 6 aromatic rings. The fourth-order valence-corrected chi connectivity index (χ4v) is 19.5. The third-order valence-electron chi connectivity index (χ3n) is 16.3. The van der Waals surface area contributed by atoms with Gasteiger partial charge >= 0.3 is 0 Å². The van der Waals surface area contributed by atoms with Gasteiger partial charge in [0.25, 0.3) is 0 Å². The second-order valence-corrected chi connectivity index (χ2v) is 24.4. The van der Waals surface area contributed by atoms with Crippen LogP contribution in [0.3, 0.4) is 0 Å². The largest absolute Gasteiger partial charge is 0.748 e. The van der Waals surface area contributed by atoms with Gasteiger partial charge in [-0.05, 0) is 147 Å². The second-order valence-electron chi connectivity index (χ2n) is 21.0. The Balaban J connectivity index is 0.000000655. The molecule has 0 radical (unpaired) electrons. The molecule has 2 nitrogen and oxygen atoms in total. The minimum atomic E-state index is -0.567. The van der Waals surface area contributed by atoms with E-state index in [1.54, 1.807) is 69.8 Å². The van der Waals surface area contributed by atoms with Gasteiger partial charge in [0.2, 0.25) is 0 Å². The third-order valence-corrected chi connectivity index (χ3v) is 21.1. The molecular formula is C54H62FeN2P2-6. The molecule has 0 amide bonds. The van der Waals surface area contributed by atoms with Crippen LogP contribution in [0, 0.1) is 47.3 Å². The molecule has 8 aliphatic carbocycles.